The van der Waals surface area contributed by atoms with Gasteiger partial charge in [-0.15, -0.1) is 0 Å². The lowest BCUT2D eigenvalue weighted by Gasteiger charge is -2.11. The van der Waals surface area contributed by atoms with Crippen LogP contribution < -0.4 is 11.1 Å². The van der Waals surface area contributed by atoms with Crippen molar-refractivity contribution in [2.24, 2.45) is 17.6 Å². The SMILES string of the molecule is CC(=O)NCC1CCC(CCCN)C1. The molecule has 3 heteroatoms. The normalized spacial score (nSPS) is 26.4. The van der Waals surface area contributed by atoms with Crippen LogP contribution in [0.4, 0.5) is 0 Å². The topological polar surface area (TPSA) is 55.1 Å². The molecule has 0 saturated heterocycles. The van der Waals surface area contributed by atoms with Gasteiger partial charge in [0.25, 0.3) is 0 Å². The first-order chi connectivity index (χ1) is 6.72. The molecule has 0 aromatic rings. The third-order valence-electron chi connectivity index (χ3n) is 3.11. The molecule has 0 aliphatic heterocycles. The molecule has 1 fully saturated rings. The maximum Gasteiger partial charge on any atom is 0.216 e. The summed E-state index contributed by atoms with van der Waals surface area (Å²) in [6.45, 7) is 3.27. The lowest BCUT2D eigenvalue weighted by molar-refractivity contribution is -0.119. The molecular weight excluding hydrogens is 176 g/mol. The molecule has 0 radical (unpaired) electrons. The van der Waals surface area contributed by atoms with Crippen molar-refractivity contribution in [1.82, 2.24) is 5.32 Å². The van der Waals surface area contributed by atoms with Crippen LogP contribution in [0.5, 0.6) is 0 Å². The van der Waals surface area contributed by atoms with E-state index in [4.69, 9.17) is 5.73 Å². The van der Waals surface area contributed by atoms with E-state index in [9.17, 15) is 4.79 Å². The van der Waals surface area contributed by atoms with Crippen LogP contribution in [0.15, 0.2) is 0 Å². The van der Waals surface area contributed by atoms with Crippen LogP contribution in [0.1, 0.15) is 39.0 Å². The van der Waals surface area contributed by atoms with E-state index in [2.05, 4.69) is 5.32 Å². The van der Waals surface area contributed by atoms with Gasteiger partial charge in [0, 0.05) is 13.5 Å². The Balaban J connectivity index is 2.10. The Morgan fingerprint density at radius 1 is 1.43 bits per heavy atom. The van der Waals surface area contributed by atoms with E-state index >= 15 is 0 Å². The summed E-state index contributed by atoms with van der Waals surface area (Å²) in [4.78, 5) is 10.7. The van der Waals surface area contributed by atoms with Crippen LogP contribution in [0.3, 0.4) is 0 Å². The van der Waals surface area contributed by atoms with Crippen LogP contribution in [0.25, 0.3) is 0 Å². The summed E-state index contributed by atoms with van der Waals surface area (Å²) >= 11 is 0. The average Bonchev–Trinajstić information content (AvgIpc) is 2.59. The Bertz CT molecular complexity index is 182. The molecule has 0 aromatic heterocycles. The predicted molar refractivity (Wildman–Crippen MR) is 57.8 cm³/mol. The Kier molecular flexibility index (Phi) is 4.94. The van der Waals surface area contributed by atoms with E-state index in [1.807, 2.05) is 0 Å². The van der Waals surface area contributed by atoms with Gasteiger partial charge in [0.15, 0.2) is 0 Å². The number of rotatable bonds is 5. The first kappa shape index (κ1) is 11.5. The fourth-order valence-electron chi connectivity index (χ4n) is 2.32. The second-order valence-corrected chi connectivity index (χ2v) is 4.41. The van der Waals surface area contributed by atoms with E-state index in [-0.39, 0.29) is 5.91 Å². The van der Waals surface area contributed by atoms with E-state index in [0.717, 1.165) is 25.4 Å². The average molecular weight is 198 g/mol. The van der Waals surface area contributed by atoms with Crippen molar-refractivity contribution in [1.29, 1.82) is 0 Å². The highest BCUT2D eigenvalue weighted by atomic mass is 16.1. The Morgan fingerprint density at radius 3 is 2.79 bits per heavy atom. The van der Waals surface area contributed by atoms with Gasteiger partial charge in [-0.05, 0) is 44.1 Å². The molecule has 2 atom stereocenters. The van der Waals surface area contributed by atoms with Crippen molar-refractivity contribution < 1.29 is 4.79 Å². The van der Waals surface area contributed by atoms with Gasteiger partial charge in [-0.1, -0.05) is 6.42 Å². The minimum absolute atomic E-state index is 0.0930. The van der Waals surface area contributed by atoms with Crippen LogP contribution in [0.2, 0.25) is 0 Å². The maximum absolute atomic E-state index is 10.7. The first-order valence-electron chi connectivity index (χ1n) is 5.67. The van der Waals surface area contributed by atoms with Gasteiger partial charge in [0.05, 0.1) is 0 Å². The van der Waals surface area contributed by atoms with Crippen LogP contribution in [-0.4, -0.2) is 19.0 Å². The first-order valence-corrected chi connectivity index (χ1v) is 5.67. The van der Waals surface area contributed by atoms with Gasteiger partial charge in [-0.3, -0.25) is 4.79 Å². The summed E-state index contributed by atoms with van der Waals surface area (Å²) in [6.07, 6.45) is 6.30. The third-order valence-corrected chi connectivity index (χ3v) is 3.11. The summed E-state index contributed by atoms with van der Waals surface area (Å²) in [7, 11) is 0. The summed E-state index contributed by atoms with van der Waals surface area (Å²) in [5, 5.41) is 2.90. The molecule has 1 saturated carbocycles. The maximum atomic E-state index is 10.7. The lowest BCUT2D eigenvalue weighted by atomic mass is 10.00. The van der Waals surface area contributed by atoms with Crippen molar-refractivity contribution in [2.75, 3.05) is 13.1 Å². The van der Waals surface area contributed by atoms with Crippen molar-refractivity contribution in [3.05, 3.63) is 0 Å². The van der Waals surface area contributed by atoms with E-state index in [1.54, 1.807) is 6.92 Å². The zero-order chi connectivity index (χ0) is 10.4. The number of carbonyl (C=O) groups excluding carboxylic acids is 1. The molecule has 14 heavy (non-hydrogen) atoms. The monoisotopic (exact) mass is 198 g/mol. The smallest absolute Gasteiger partial charge is 0.216 e. The Hall–Kier alpha value is -0.570. The highest BCUT2D eigenvalue weighted by Crippen LogP contribution is 2.33. The number of hydrogen-bond acceptors (Lipinski definition) is 2. The number of carbonyl (C=O) groups is 1. The van der Waals surface area contributed by atoms with Crippen LogP contribution >= 0.6 is 0 Å². The number of amides is 1. The summed E-state index contributed by atoms with van der Waals surface area (Å²) < 4.78 is 0. The molecule has 3 N–H and O–H groups in total. The van der Waals surface area contributed by atoms with Crippen molar-refractivity contribution in [3.8, 4) is 0 Å². The van der Waals surface area contributed by atoms with Gasteiger partial charge in [-0.2, -0.15) is 0 Å². The van der Waals surface area contributed by atoms with Gasteiger partial charge in [-0.25, -0.2) is 0 Å². The Labute approximate surface area is 86.4 Å². The molecule has 0 aromatic carbocycles. The second kappa shape index (κ2) is 6.02. The highest BCUT2D eigenvalue weighted by molar-refractivity contribution is 5.72. The Morgan fingerprint density at radius 2 is 2.14 bits per heavy atom. The van der Waals surface area contributed by atoms with E-state index < -0.39 is 0 Å². The largest absolute Gasteiger partial charge is 0.356 e. The molecule has 3 nitrogen and oxygen atoms in total. The predicted octanol–water partition coefficient (Wildman–Crippen LogP) is 1.28. The van der Waals surface area contributed by atoms with E-state index in [0.29, 0.717) is 5.92 Å². The molecule has 1 rings (SSSR count). The van der Waals surface area contributed by atoms with Crippen LogP contribution in [-0.2, 0) is 4.79 Å². The van der Waals surface area contributed by atoms with Crippen molar-refractivity contribution in [3.63, 3.8) is 0 Å². The molecule has 1 amide bonds. The fourth-order valence-corrected chi connectivity index (χ4v) is 2.32. The molecule has 1 aliphatic rings. The second-order valence-electron chi connectivity index (χ2n) is 4.41. The van der Waals surface area contributed by atoms with Gasteiger partial charge >= 0.3 is 0 Å². The van der Waals surface area contributed by atoms with Crippen molar-refractivity contribution in [2.45, 2.75) is 39.0 Å². The fraction of sp³-hybridized carbons (Fsp3) is 0.909. The molecular formula is C11H22N2O. The molecule has 2 unspecified atom stereocenters. The number of hydrogen-bond donors (Lipinski definition) is 2. The number of nitrogens with two attached hydrogens (primary N) is 1. The van der Waals surface area contributed by atoms with Crippen molar-refractivity contribution >= 4 is 5.91 Å². The van der Waals surface area contributed by atoms with Gasteiger partial charge in [0.1, 0.15) is 0 Å². The minimum Gasteiger partial charge on any atom is -0.356 e. The zero-order valence-corrected chi connectivity index (χ0v) is 9.09. The summed E-state index contributed by atoms with van der Waals surface area (Å²) in [6, 6.07) is 0. The van der Waals surface area contributed by atoms with Crippen LogP contribution in [0, 0.1) is 11.8 Å². The third kappa shape index (κ3) is 4.09. The quantitative estimate of drug-likeness (QED) is 0.699. The minimum atomic E-state index is 0.0930. The molecule has 0 spiro atoms. The summed E-state index contributed by atoms with van der Waals surface area (Å²) in [5.74, 6) is 1.66. The van der Waals surface area contributed by atoms with Gasteiger partial charge in [0.2, 0.25) is 5.91 Å². The molecule has 1 aliphatic carbocycles. The summed E-state index contributed by atoms with van der Waals surface area (Å²) in [5.41, 5.74) is 5.48. The molecule has 82 valence electrons. The number of nitrogens with one attached hydrogen (secondary N) is 1. The lowest BCUT2D eigenvalue weighted by Crippen LogP contribution is -2.25. The van der Waals surface area contributed by atoms with E-state index in [1.165, 1.54) is 25.7 Å². The molecule has 0 bridgehead atoms. The van der Waals surface area contributed by atoms with Gasteiger partial charge < -0.3 is 11.1 Å². The standard InChI is InChI=1S/C11H22N2O/c1-9(14)13-8-11-5-4-10(7-11)3-2-6-12/h10-11H,2-8,12H2,1H3,(H,13,14). The highest BCUT2D eigenvalue weighted by Gasteiger charge is 2.23. The molecule has 0 heterocycles. The zero-order valence-electron chi connectivity index (χ0n) is 9.09.